The summed E-state index contributed by atoms with van der Waals surface area (Å²) in [6.45, 7) is 1.94. The highest BCUT2D eigenvalue weighted by molar-refractivity contribution is 5.72. The number of hydrogen-bond acceptors (Lipinski definition) is 2. The quantitative estimate of drug-likeness (QED) is 0.739. The van der Waals surface area contributed by atoms with Gasteiger partial charge in [0, 0.05) is 0 Å². The molecule has 0 aliphatic heterocycles. The highest BCUT2D eigenvalue weighted by Crippen LogP contribution is 2.27. The summed E-state index contributed by atoms with van der Waals surface area (Å²) in [6.07, 6.45) is 5.46. The molecule has 0 N–H and O–H groups in total. The maximum Gasteiger partial charge on any atom is 0.309 e. The molecule has 0 saturated heterocycles. The zero-order valence-corrected chi connectivity index (χ0v) is 10.4. The first-order valence-corrected chi connectivity index (χ1v) is 6.53. The monoisotopic (exact) mass is 232 g/mol. The van der Waals surface area contributed by atoms with E-state index >= 15 is 0 Å². The Kier molecular flexibility index (Phi) is 4.18. The van der Waals surface area contributed by atoms with Crippen LogP contribution in [-0.2, 0) is 9.53 Å². The summed E-state index contributed by atoms with van der Waals surface area (Å²) in [6, 6.07) is 9.91. The van der Waals surface area contributed by atoms with Gasteiger partial charge < -0.3 is 4.74 Å². The first-order valence-electron chi connectivity index (χ1n) is 6.53. The molecule has 1 atom stereocenters. The fourth-order valence-electron chi connectivity index (χ4n) is 2.40. The van der Waals surface area contributed by atoms with Gasteiger partial charge in [0.05, 0.1) is 5.92 Å². The minimum absolute atomic E-state index is 0.0129. The Hall–Kier alpha value is -1.31. The van der Waals surface area contributed by atoms with Crippen molar-refractivity contribution in [1.82, 2.24) is 0 Å². The average molecular weight is 232 g/mol. The van der Waals surface area contributed by atoms with Crippen LogP contribution >= 0.6 is 0 Å². The third-order valence-corrected chi connectivity index (χ3v) is 3.50. The van der Waals surface area contributed by atoms with Crippen molar-refractivity contribution in [3.8, 4) is 0 Å². The summed E-state index contributed by atoms with van der Waals surface area (Å²) >= 11 is 0. The van der Waals surface area contributed by atoms with Gasteiger partial charge in [0.1, 0.15) is 6.10 Å². The summed E-state index contributed by atoms with van der Waals surface area (Å²) in [7, 11) is 0. The molecule has 0 amide bonds. The number of benzene rings is 1. The number of ether oxygens (including phenoxy) is 1. The molecular weight excluding hydrogens is 212 g/mol. The lowest BCUT2D eigenvalue weighted by atomic mass is 9.89. The largest absolute Gasteiger partial charge is 0.458 e. The van der Waals surface area contributed by atoms with E-state index < -0.39 is 0 Å². The van der Waals surface area contributed by atoms with E-state index in [0.717, 1.165) is 18.4 Å². The Labute approximate surface area is 103 Å². The SMILES string of the molecule is CC(OC(=O)C1CCCCC1)c1ccccc1. The van der Waals surface area contributed by atoms with E-state index in [0.29, 0.717) is 0 Å². The molecule has 2 heteroatoms. The first-order chi connectivity index (χ1) is 8.27. The fourth-order valence-corrected chi connectivity index (χ4v) is 2.40. The number of hydrogen-bond donors (Lipinski definition) is 0. The van der Waals surface area contributed by atoms with Crippen molar-refractivity contribution in [3.05, 3.63) is 35.9 Å². The van der Waals surface area contributed by atoms with Gasteiger partial charge in [0.25, 0.3) is 0 Å². The zero-order chi connectivity index (χ0) is 12.1. The predicted octanol–water partition coefficient (Wildman–Crippen LogP) is 3.87. The van der Waals surface area contributed by atoms with E-state index in [9.17, 15) is 4.79 Å². The maximum absolute atomic E-state index is 12.0. The van der Waals surface area contributed by atoms with Crippen LogP contribution in [0.2, 0.25) is 0 Å². The molecular formula is C15H20O2. The number of esters is 1. The fraction of sp³-hybridized carbons (Fsp3) is 0.533. The van der Waals surface area contributed by atoms with Crippen molar-refractivity contribution in [3.63, 3.8) is 0 Å². The molecule has 1 aliphatic carbocycles. The molecule has 2 nitrogen and oxygen atoms in total. The van der Waals surface area contributed by atoms with E-state index in [2.05, 4.69) is 0 Å². The van der Waals surface area contributed by atoms with Crippen LogP contribution in [0.15, 0.2) is 30.3 Å². The lowest BCUT2D eigenvalue weighted by molar-refractivity contribution is -0.154. The summed E-state index contributed by atoms with van der Waals surface area (Å²) in [5.41, 5.74) is 1.07. The summed E-state index contributed by atoms with van der Waals surface area (Å²) in [5, 5.41) is 0. The summed E-state index contributed by atoms with van der Waals surface area (Å²) in [5.74, 6) is 0.121. The molecule has 1 aliphatic rings. The average Bonchev–Trinajstić information content (AvgIpc) is 2.40. The summed E-state index contributed by atoms with van der Waals surface area (Å²) in [4.78, 5) is 12.0. The lowest BCUT2D eigenvalue weighted by Crippen LogP contribution is -2.21. The van der Waals surface area contributed by atoms with Crippen molar-refractivity contribution in [1.29, 1.82) is 0 Å². The van der Waals surface area contributed by atoms with Crippen molar-refractivity contribution in [2.24, 2.45) is 5.92 Å². The van der Waals surface area contributed by atoms with Crippen molar-refractivity contribution >= 4 is 5.97 Å². The van der Waals surface area contributed by atoms with Crippen LogP contribution in [0.25, 0.3) is 0 Å². The van der Waals surface area contributed by atoms with Crippen molar-refractivity contribution < 1.29 is 9.53 Å². The minimum atomic E-state index is -0.134. The molecule has 2 rings (SSSR count). The second-order valence-electron chi connectivity index (χ2n) is 4.82. The highest BCUT2D eigenvalue weighted by atomic mass is 16.5. The molecule has 17 heavy (non-hydrogen) atoms. The normalized spacial score (nSPS) is 18.6. The molecule has 92 valence electrons. The molecule has 1 unspecified atom stereocenters. The van der Waals surface area contributed by atoms with Gasteiger partial charge in [-0.25, -0.2) is 0 Å². The third-order valence-electron chi connectivity index (χ3n) is 3.50. The van der Waals surface area contributed by atoms with Crippen LogP contribution in [0.5, 0.6) is 0 Å². The summed E-state index contributed by atoms with van der Waals surface area (Å²) < 4.78 is 5.54. The molecule has 1 aromatic carbocycles. The predicted molar refractivity (Wildman–Crippen MR) is 67.5 cm³/mol. The molecule has 1 fully saturated rings. The molecule has 0 spiro atoms. The van der Waals surface area contributed by atoms with E-state index in [4.69, 9.17) is 4.74 Å². The van der Waals surface area contributed by atoms with Gasteiger partial charge in [-0.05, 0) is 25.3 Å². The van der Waals surface area contributed by atoms with E-state index in [1.165, 1.54) is 19.3 Å². The van der Waals surface area contributed by atoms with Crippen LogP contribution in [0.4, 0.5) is 0 Å². The second-order valence-corrected chi connectivity index (χ2v) is 4.82. The topological polar surface area (TPSA) is 26.3 Å². The highest BCUT2D eigenvalue weighted by Gasteiger charge is 2.24. The van der Waals surface area contributed by atoms with E-state index in [1.54, 1.807) is 0 Å². The molecule has 1 saturated carbocycles. The maximum atomic E-state index is 12.0. The smallest absolute Gasteiger partial charge is 0.309 e. The van der Waals surface area contributed by atoms with Gasteiger partial charge in [0.2, 0.25) is 0 Å². The van der Waals surface area contributed by atoms with Gasteiger partial charge >= 0.3 is 5.97 Å². The van der Waals surface area contributed by atoms with Crippen LogP contribution in [0.3, 0.4) is 0 Å². The lowest BCUT2D eigenvalue weighted by Gasteiger charge is -2.22. The first kappa shape index (κ1) is 12.2. The Bertz CT molecular complexity index is 352. The molecule has 0 bridgehead atoms. The second kappa shape index (κ2) is 5.85. The van der Waals surface area contributed by atoms with Crippen LogP contribution in [0.1, 0.15) is 50.7 Å². The standard InChI is InChI=1S/C15H20O2/c1-12(13-8-4-2-5-9-13)17-15(16)14-10-6-3-7-11-14/h2,4-5,8-9,12,14H,3,6-7,10-11H2,1H3. The molecule has 0 aromatic heterocycles. The molecule has 0 heterocycles. The van der Waals surface area contributed by atoms with Gasteiger partial charge in [-0.1, -0.05) is 49.6 Å². The van der Waals surface area contributed by atoms with Crippen LogP contribution < -0.4 is 0 Å². The van der Waals surface area contributed by atoms with Crippen molar-refractivity contribution in [2.45, 2.75) is 45.1 Å². The Morgan fingerprint density at radius 3 is 2.47 bits per heavy atom. The van der Waals surface area contributed by atoms with E-state index in [-0.39, 0.29) is 18.0 Å². The Balaban J connectivity index is 1.89. The van der Waals surface area contributed by atoms with Gasteiger partial charge in [0.15, 0.2) is 0 Å². The Morgan fingerprint density at radius 2 is 1.82 bits per heavy atom. The molecule has 1 aromatic rings. The Morgan fingerprint density at radius 1 is 1.18 bits per heavy atom. The zero-order valence-electron chi connectivity index (χ0n) is 10.4. The minimum Gasteiger partial charge on any atom is -0.458 e. The number of carbonyl (C=O) groups excluding carboxylic acids is 1. The molecule has 0 radical (unpaired) electrons. The van der Waals surface area contributed by atoms with Crippen LogP contribution in [-0.4, -0.2) is 5.97 Å². The van der Waals surface area contributed by atoms with Crippen LogP contribution in [0, 0.1) is 5.92 Å². The van der Waals surface area contributed by atoms with Crippen molar-refractivity contribution in [2.75, 3.05) is 0 Å². The van der Waals surface area contributed by atoms with Gasteiger partial charge in [-0.15, -0.1) is 0 Å². The number of carbonyl (C=O) groups is 1. The van der Waals surface area contributed by atoms with Gasteiger partial charge in [-0.3, -0.25) is 4.79 Å². The van der Waals surface area contributed by atoms with Gasteiger partial charge in [-0.2, -0.15) is 0 Å². The number of rotatable bonds is 3. The third kappa shape index (κ3) is 3.32. The van der Waals surface area contributed by atoms with E-state index in [1.807, 2.05) is 37.3 Å².